The lowest BCUT2D eigenvalue weighted by Gasteiger charge is -2.39. The average Bonchev–Trinajstić information content (AvgIpc) is 2.74. The summed E-state index contributed by atoms with van der Waals surface area (Å²) in [7, 11) is 0. The number of benzene rings is 1. The molecule has 1 amide bonds. The van der Waals surface area contributed by atoms with Gasteiger partial charge in [0.15, 0.2) is 0 Å². The van der Waals surface area contributed by atoms with Crippen LogP contribution in [0.3, 0.4) is 0 Å². The highest BCUT2D eigenvalue weighted by Gasteiger charge is 2.43. The molecule has 3 heteroatoms. The van der Waals surface area contributed by atoms with Crippen LogP contribution in [0.2, 0.25) is 0 Å². The second-order valence-corrected chi connectivity index (χ2v) is 4.99. The molecule has 90 valence electrons. The van der Waals surface area contributed by atoms with Gasteiger partial charge in [0.1, 0.15) is 0 Å². The third-order valence-electron chi connectivity index (χ3n) is 4.09. The summed E-state index contributed by atoms with van der Waals surface area (Å²) in [5.41, 5.74) is 1.19. The van der Waals surface area contributed by atoms with Crippen molar-refractivity contribution in [2.24, 2.45) is 0 Å². The Morgan fingerprint density at radius 3 is 2.71 bits per heavy atom. The highest BCUT2D eigenvalue weighted by Crippen LogP contribution is 2.36. The van der Waals surface area contributed by atoms with Gasteiger partial charge in [0.25, 0.3) is 0 Å². The zero-order valence-electron chi connectivity index (χ0n) is 9.75. The van der Waals surface area contributed by atoms with Crippen molar-refractivity contribution >= 4 is 5.91 Å². The maximum Gasteiger partial charge on any atom is 0.222 e. The van der Waals surface area contributed by atoms with Crippen molar-refractivity contribution in [1.82, 2.24) is 4.90 Å². The van der Waals surface area contributed by atoms with Crippen molar-refractivity contribution in [3.8, 4) is 0 Å². The maximum absolute atomic E-state index is 11.6. The summed E-state index contributed by atoms with van der Waals surface area (Å²) in [5.74, 6) is 0.393. The Labute approximate surface area is 101 Å². The van der Waals surface area contributed by atoms with E-state index in [0.717, 1.165) is 19.4 Å². The van der Waals surface area contributed by atoms with Gasteiger partial charge in [0, 0.05) is 18.9 Å². The Kier molecular flexibility index (Phi) is 2.63. The molecule has 17 heavy (non-hydrogen) atoms. The number of aliphatic hydroxyl groups excluding tert-OH is 1. The second kappa shape index (κ2) is 4.15. The third kappa shape index (κ3) is 1.75. The molecule has 2 fully saturated rings. The van der Waals surface area contributed by atoms with Crippen LogP contribution in [0.1, 0.15) is 30.7 Å². The summed E-state index contributed by atoms with van der Waals surface area (Å²) in [6.45, 7) is 0.792. The number of carbonyl (C=O) groups is 1. The first kappa shape index (κ1) is 10.8. The molecule has 1 aromatic rings. The van der Waals surface area contributed by atoms with Crippen LogP contribution in [0.25, 0.3) is 0 Å². The molecule has 0 bridgehead atoms. The number of piperidine rings is 1. The summed E-state index contributed by atoms with van der Waals surface area (Å²) in [6, 6.07) is 10.2. The number of amides is 1. The average molecular weight is 231 g/mol. The fourth-order valence-corrected chi connectivity index (χ4v) is 3.18. The van der Waals surface area contributed by atoms with Gasteiger partial charge in [-0.3, -0.25) is 4.79 Å². The first-order valence-corrected chi connectivity index (χ1v) is 6.30. The van der Waals surface area contributed by atoms with E-state index in [1.807, 2.05) is 23.1 Å². The Balaban J connectivity index is 1.84. The van der Waals surface area contributed by atoms with E-state index in [2.05, 4.69) is 12.1 Å². The van der Waals surface area contributed by atoms with Crippen molar-refractivity contribution < 1.29 is 9.90 Å². The van der Waals surface area contributed by atoms with Crippen molar-refractivity contribution in [3.05, 3.63) is 35.9 Å². The topological polar surface area (TPSA) is 40.5 Å². The Morgan fingerprint density at radius 1 is 1.18 bits per heavy atom. The molecule has 0 spiro atoms. The smallest absolute Gasteiger partial charge is 0.222 e. The van der Waals surface area contributed by atoms with Gasteiger partial charge >= 0.3 is 0 Å². The van der Waals surface area contributed by atoms with Crippen molar-refractivity contribution in [1.29, 1.82) is 0 Å². The minimum atomic E-state index is -0.405. The molecule has 3 rings (SSSR count). The first-order chi connectivity index (χ1) is 8.27. The molecule has 3 nitrogen and oxygen atoms in total. The minimum absolute atomic E-state index is 0.0430. The van der Waals surface area contributed by atoms with Crippen LogP contribution < -0.4 is 0 Å². The summed E-state index contributed by atoms with van der Waals surface area (Å²) in [5, 5.41) is 10.4. The van der Waals surface area contributed by atoms with E-state index in [0.29, 0.717) is 6.42 Å². The van der Waals surface area contributed by atoms with Crippen LogP contribution in [0.5, 0.6) is 0 Å². The minimum Gasteiger partial charge on any atom is -0.390 e. The highest BCUT2D eigenvalue weighted by atomic mass is 16.3. The number of hydrogen-bond acceptors (Lipinski definition) is 2. The van der Waals surface area contributed by atoms with Gasteiger partial charge in [0.05, 0.1) is 12.1 Å². The molecule has 1 aromatic carbocycles. The maximum atomic E-state index is 11.6. The predicted molar refractivity (Wildman–Crippen MR) is 64.5 cm³/mol. The van der Waals surface area contributed by atoms with Crippen molar-refractivity contribution in [2.75, 3.05) is 6.54 Å². The quantitative estimate of drug-likeness (QED) is 0.796. The van der Waals surface area contributed by atoms with Crippen LogP contribution in [0, 0.1) is 0 Å². The molecule has 0 aromatic heterocycles. The molecular formula is C14H17NO2. The number of nitrogens with zero attached hydrogens (tertiary/aromatic N) is 1. The standard InChI is InChI=1S/C14H17NO2/c16-13-7-6-12-14(17)11(8-9-15(12)13)10-4-2-1-3-5-10/h1-5,11-12,14,17H,6-9H2/t11-,12-,14-/m0/s1. The molecule has 2 aliphatic heterocycles. The van der Waals surface area contributed by atoms with E-state index >= 15 is 0 Å². The molecule has 0 aliphatic carbocycles. The summed E-state index contributed by atoms with van der Waals surface area (Å²) < 4.78 is 0. The fraction of sp³-hybridized carbons (Fsp3) is 0.500. The largest absolute Gasteiger partial charge is 0.390 e. The van der Waals surface area contributed by atoms with Crippen molar-refractivity contribution in [3.63, 3.8) is 0 Å². The summed E-state index contributed by atoms with van der Waals surface area (Å²) >= 11 is 0. The number of rotatable bonds is 1. The Morgan fingerprint density at radius 2 is 1.94 bits per heavy atom. The van der Waals surface area contributed by atoms with Gasteiger partial charge in [-0.1, -0.05) is 30.3 Å². The van der Waals surface area contributed by atoms with E-state index in [4.69, 9.17) is 0 Å². The lowest BCUT2D eigenvalue weighted by Crippen LogP contribution is -2.49. The van der Waals surface area contributed by atoms with Crippen LogP contribution in [0.15, 0.2) is 30.3 Å². The molecular weight excluding hydrogens is 214 g/mol. The van der Waals surface area contributed by atoms with Gasteiger partial charge in [-0.15, -0.1) is 0 Å². The molecule has 0 radical (unpaired) electrons. The molecule has 3 atom stereocenters. The van der Waals surface area contributed by atoms with E-state index < -0.39 is 6.10 Å². The van der Waals surface area contributed by atoms with Crippen molar-refractivity contribution in [2.45, 2.75) is 37.3 Å². The molecule has 2 heterocycles. The lowest BCUT2D eigenvalue weighted by atomic mass is 9.83. The number of hydrogen-bond donors (Lipinski definition) is 1. The normalized spacial score (nSPS) is 32.6. The number of carbonyl (C=O) groups excluding carboxylic acids is 1. The molecule has 0 saturated carbocycles. The highest BCUT2D eigenvalue weighted by molar-refractivity contribution is 5.79. The third-order valence-corrected chi connectivity index (χ3v) is 4.09. The molecule has 1 N–H and O–H groups in total. The molecule has 0 unspecified atom stereocenters. The van der Waals surface area contributed by atoms with Crippen LogP contribution in [-0.2, 0) is 4.79 Å². The van der Waals surface area contributed by atoms with Gasteiger partial charge in [0.2, 0.25) is 5.91 Å². The molecule has 2 aliphatic rings. The fourth-order valence-electron chi connectivity index (χ4n) is 3.18. The van der Waals surface area contributed by atoms with Crippen LogP contribution in [-0.4, -0.2) is 34.6 Å². The second-order valence-electron chi connectivity index (χ2n) is 4.99. The van der Waals surface area contributed by atoms with Gasteiger partial charge < -0.3 is 10.0 Å². The zero-order chi connectivity index (χ0) is 11.8. The summed E-state index contributed by atoms with van der Waals surface area (Å²) in [6.07, 6.45) is 1.87. The Bertz CT molecular complexity index is 417. The van der Waals surface area contributed by atoms with E-state index in [1.54, 1.807) is 0 Å². The van der Waals surface area contributed by atoms with Gasteiger partial charge in [-0.2, -0.15) is 0 Å². The van der Waals surface area contributed by atoms with E-state index in [9.17, 15) is 9.90 Å². The van der Waals surface area contributed by atoms with Gasteiger partial charge in [-0.05, 0) is 18.4 Å². The zero-order valence-corrected chi connectivity index (χ0v) is 9.75. The van der Waals surface area contributed by atoms with E-state index in [1.165, 1.54) is 5.56 Å². The Hall–Kier alpha value is -1.35. The lowest BCUT2D eigenvalue weighted by molar-refractivity contribution is -0.132. The van der Waals surface area contributed by atoms with Crippen LogP contribution in [0.4, 0.5) is 0 Å². The summed E-state index contributed by atoms with van der Waals surface area (Å²) in [4.78, 5) is 13.5. The number of aliphatic hydroxyl groups is 1. The predicted octanol–water partition coefficient (Wildman–Crippen LogP) is 1.53. The van der Waals surface area contributed by atoms with Crippen LogP contribution >= 0.6 is 0 Å². The van der Waals surface area contributed by atoms with Gasteiger partial charge in [-0.25, -0.2) is 0 Å². The first-order valence-electron chi connectivity index (χ1n) is 6.30. The van der Waals surface area contributed by atoms with E-state index in [-0.39, 0.29) is 17.9 Å². The number of fused-ring (bicyclic) bond motifs is 1. The molecule has 2 saturated heterocycles. The monoisotopic (exact) mass is 231 g/mol. The SMILES string of the molecule is O=C1CC[C@H]2[C@@H](O)[C@H](c3ccccc3)CCN12.